The first-order chi connectivity index (χ1) is 9.13. The van der Waals surface area contributed by atoms with Gasteiger partial charge in [0.2, 0.25) is 0 Å². The Balaban J connectivity index is 2.20. The van der Waals surface area contributed by atoms with Gasteiger partial charge >= 0.3 is 0 Å². The molecule has 0 bridgehead atoms. The molecule has 3 N–H and O–H groups in total. The van der Waals surface area contributed by atoms with Crippen molar-refractivity contribution in [2.24, 2.45) is 11.8 Å². The molecule has 19 heavy (non-hydrogen) atoms. The smallest absolute Gasteiger partial charge is 0.124 e. The molecule has 1 aromatic heterocycles. The van der Waals surface area contributed by atoms with E-state index in [1.165, 1.54) is 23.8 Å². The maximum absolute atomic E-state index is 13.2. The van der Waals surface area contributed by atoms with Crippen molar-refractivity contribution in [3.05, 3.63) is 35.0 Å². The molecule has 2 unspecified atom stereocenters. The fourth-order valence-corrected chi connectivity index (χ4v) is 3.64. The van der Waals surface area contributed by atoms with Gasteiger partial charge in [-0.15, -0.1) is 11.3 Å². The molecule has 0 spiro atoms. The highest BCUT2D eigenvalue weighted by Gasteiger charge is 2.16. The first-order valence-corrected chi connectivity index (χ1v) is 7.60. The van der Waals surface area contributed by atoms with E-state index < -0.39 is 0 Å². The van der Waals surface area contributed by atoms with E-state index in [0.29, 0.717) is 5.92 Å². The molecule has 0 aliphatic carbocycles. The van der Waals surface area contributed by atoms with Crippen LogP contribution in [0.1, 0.15) is 44.0 Å². The summed E-state index contributed by atoms with van der Waals surface area (Å²) in [6, 6.07) is 7.19. The molecule has 0 fully saturated rings. The van der Waals surface area contributed by atoms with Gasteiger partial charge in [0.15, 0.2) is 0 Å². The number of hydrazine groups is 1. The molecule has 4 heteroatoms. The quantitative estimate of drug-likeness (QED) is 0.609. The zero-order valence-electron chi connectivity index (χ0n) is 11.4. The van der Waals surface area contributed by atoms with Gasteiger partial charge in [-0.1, -0.05) is 32.8 Å². The number of halogens is 1. The molecule has 104 valence electrons. The molecule has 1 heterocycles. The van der Waals surface area contributed by atoms with Gasteiger partial charge in [0.1, 0.15) is 5.82 Å². The molecule has 0 saturated carbocycles. The van der Waals surface area contributed by atoms with Crippen LogP contribution in [-0.4, -0.2) is 0 Å². The van der Waals surface area contributed by atoms with Crippen molar-refractivity contribution in [2.75, 3.05) is 0 Å². The normalized spacial score (nSPS) is 14.7. The second-order valence-electron chi connectivity index (χ2n) is 5.18. The summed E-state index contributed by atoms with van der Waals surface area (Å²) in [5.41, 5.74) is 2.90. The van der Waals surface area contributed by atoms with Gasteiger partial charge in [0, 0.05) is 9.58 Å². The van der Waals surface area contributed by atoms with E-state index in [4.69, 9.17) is 5.84 Å². The number of hydrogen-bond acceptors (Lipinski definition) is 3. The standard InChI is InChI=1S/C15H21FN2S/c1-3-4-10(2)7-13(18-17)15-8-11-5-6-12(16)9-14(11)19-15/h5-6,8-10,13,18H,3-4,7,17H2,1-2H3. The van der Waals surface area contributed by atoms with Crippen molar-refractivity contribution in [3.63, 3.8) is 0 Å². The first-order valence-electron chi connectivity index (χ1n) is 6.79. The molecule has 0 radical (unpaired) electrons. The summed E-state index contributed by atoms with van der Waals surface area (Å²) in [5, 5.41) is 1.09. The van der Waals surface area contributed by atoms with Crippen molar-refractivity contribution in [1.29, 1.82) is 0 Å². The van der Waals surface area contributed by atoms with Crippen LogP contribution >= 0.6 is 11.3 Å². The average Bonchev–Trinajstić information content (AvgIpc) is 2.78. The van der Waals surface area contributed by atoms with Crippen LogP contribution in [-0.2, 0) is 0 Å². The van der Waals surface area contributed by atoms with Crippen molar-refractivity contribution < 1.29 is 4.39 Å². The highest BCUT2D eigenvalue weighted by molar-refractivity contribution is 7.19. The molecule has 2 nitrogen and oxygen atoms in total. The van der Waals surface area contributed by atoms with E-state index in [9.17, 15) is 4.39 Å². The van der Waals surface area contributed by atoms with E-state index >= 15 is 0 Å². The van der Waals surface area contributed by atoms with E-state index in [1.54, 1.807) is 17.4 Å². The number of fused-ring (bicyclic) bond motifs is 1. The van der Waals surface area contributed by atoms with Gasteiger partial charge in [-0.2, -0.15) is 0 Å². The number of nitrogens with one attached hydrogen (secondary N) is 1. The third-order valence-electron chi connectivity index (χ3n) is 3.47. The molecule has 0 aliphatic rings. The molecule has 2 rings (SSSR count). The van der Waals surface area contributed by atoms with Gasteiger partial charge in [-0.3, -0.25) is 11.3 Å². The van der Waals surface area contributed by atoms with Crippen molar-refractivity contribution in [2.45, 2.75) is 39.2 Å². The van der Waals surface area contributed by atoms with Crippen LogP contribution in [0.15, 0.2) is 24.3 Å². The van der Waals surface area contributed by atoms with Crippen molar-refractivity contribution >= 4 is 21.4 Å². The van der Waals surface area contributed by atoms with Crippen LogP contribution in [0.2, 0.25) is 0 Å². The lowest BCUT2D eigenvalue weighted by atomic mass is 9.96. The number of benzene rings is 1. The SMILES string of the molecule is CCCC(C)CC(NN)c1cc2ccc(F)cc2s1. The lowest BCUT2D eigenvalue weighted by Gasteiger charge is -2.18. The number of nitrogens with two attached hydrogens (primary N) is 1. The van der Waals surface area contributed by atoms with Crippen LogP contribution in [0.4, 0.5) is 4.39 Å². The Morgan fingerprint density at radius 2 is 2.16 bits per heavy atom. The summed E-state index contributed by atoms with van der Waals surface area (Å²) >= 11 is 1.62. The fraction of sp³-hybridized carbons (Fsp3) is 0.467. The zero-order valence-corrected chi connectivity index (χ0v) is 12.3. The second-order valence-corrected chi connectivity index (χ2v) is 6.30. The topological polar surface area (TPSA) is 38.0 Å². The van der Waals surface area contributed by atoms with Crippen LogP contribution < -0.4 is 11.3 Å². The van der Waals surface area contributed by atoms with Gasteiger partial charge in [0.25, 0.3) is 0 Å². The fourth-order valence-electron chi connectivity index (χ4n) is 2.48. The van der Waals surface area contributed by atoms with E-state index in [1.807, 2.05) is 6.07 Å². The third kappa shape index (κ3) is 3.53. The Morgan fingerprint density at radius 1 is 1.37 bits per heavy atom. The first kappa shape index (κ1) is 14.4. The summed E-state index contributed by atoms with van der Waals surface area (Å²) in [6.45, 7) is 4.45. The molecule has 2 atom stereocenters. The molecule has 2 aromatic rings. The lowest BCUT2D eigenvalue weighted by Crippen LogP contribution is -2.28. The number of rotatable bonds is 6. The number of hydrogen-bond donors (Lipinski definition) is 2. The van der Waals surface area contributed by atoms with Crippen LogP contribution in [0.25, 0.3) is 10.1 Å². The molecular weight excluding hydrogens is 259 g/mol. The minimum atomic E-state index is -0.183. The molecule has 0 saturated heterocycles. The Labute approximate surface area is 117 Å². The highest BCUT2D eigenvalue weighted by Crippen LogP contribution is 2.33. The lowest BCUT2D eigenvalue weighted by molar-refractivity contribution is 0.398. The predicted molar refractivity (Wildman–Crippen MR) is 80.5 cm³/mol. The summed E-state index contributed by atoms with van der Waals surface area (Å²) in [4.78, 5) is 1.19. The summed E-state index contributed by atoms with van der Waals surface area (Å²) in [6.07, 6.45) is 3.41. The molecule has 0 amide bonds. The Morgan fingerprint density at radius 3 is 2.84 bits per heavy atom. The summed E-state index contributed by atoms with van der Waals surface area (Å²) in [7, 11) is 0. The average molecular weight is 280 g/mol. The maximum atomic E-state index is 13.2. The molecule has 1 aromatic carbocycles. The van der Waals surface area contributed by atoms with Crippen LogP contribution in [0.5, 0.6) is 0 Å². The van der Waals surface area contributed by atoms with Crippen LogP contribution in [0.3, 0.4) is 0 Å². The zero-order chi connectivity index (χ0) is 13.8. The molecule has 0 aliphatic heterocycles. The van der Waals surface area contributed by atoms with Gasteiger partial charge in [0.05, 0.1) is 6.04 Å². The maximum Gasteiger partial charge on any atom is 0.124 e. The third-order valence-corrected chi connectivity index (χ3v) is 4.68. The molecular formula is C15H21FN2S. The van der Waals surface area contributed by atoms with Crippen LogP contribution in [0, 0.1) is 11.7 Å². The largest absolute Gasteiger partial charge is 0.271 e. The van der Waals surface area contributed by atoms with Gasteiger partial charge < -0.3 is 0 Å². The van der Waals surface area contributed by atoms with E-state index in [-0.39, 0.29) is 11.9 Å². The van der Waals surface area contributed by atoms with Crippen molar-refractivity contribution in [3.8, 4) is 0 Å². The highest BCUT2D eigenvalue weighted by atomic mass is 32.1. The second kappa shape index (κ2) is 6.46. The number of thiophene rings is 1. The van der Waals surface area contributed by atoms with Crippen molar-refractivity contribution in [1.82, 2.24) is 5.43 Å². The predicted octanol–water partition coefficient (Wildman–Crippen LogP) is 4.37. The van der Waals surface area contributed by atoms with Gasteiger partial charge in [-0.05, 0) is 35.9 Å². The minimum Gasteiger partial charge on any atom is -0.271 e. The monoisotopic (exact) mass is 280 g/mol. The Hall–Kier alpha value is -0.970. The summed E-state index contributed by atoms with van der Waals surface area (Å²) in [5.74, 6) is 6.13. The summed E-state index contributed by atoms with van der Waals surface area (Å²) < 4.78 is 14.2. The van der Waals surface area contributed by atoms with Gasteiger partial charge in [-0.25, -0.2) is 4.39 Å². The Bertz CT molecular complexity index is 538. The van der Waals surface area contributed by atoms with E-state index in [2.05, 4.69) is 25.3 Å². The minimum absolute atomic E-state index is 0.155. The van der Waals surface area contributed by atoms with E-state index in [0.717, 1.165) is 16.5 Å². The Kier molecular flexibility index (Phi) is 4.91.